The van der Waals surface area contributed by atoms with Gasteiger partial charge in [0, 0.05) is 19.2 Å². The van der Waals surface area contributed by atoms with Gasteiger partial charge in [-0.2, -0.15) is 4.31 Å². The Morgan fingerprint density at radius 2 is 1.87 bits per heavy atom. The molecule has 1 amide bonds. The highest BCUT2D eigenvalue weighted by Crippen LogP contribution is 2.33. The number of methoxy groups -OCH3 is 1. The van der Waals surface area contributed by atoms with Gasteiger partial charge in [0.15, 0.2) is 11.5 Å². The second-order valence-electron chi connectivity index (χ2n) is 6.81. The number of carbonyl (C=O) groups excluding carboxylic acids is 1. The third-order valence-electron chi connectivity index (χ3n) is 4.86. The van der Waals surface area contributed by atoms with Crippen molar-refractivity contribution >= 4 is 27.7 Å². The fourth-order valence-corrected chi connectivity index (χ4v) is 4.68. The van der Waals surface area contributed by atoms with Crippen LogP contribution in [0.1, 0.15) is 5.56 Å². The highest BCUT2D eigenvalue weighted by Gasteiger charge is 2.27. The Labute approximate surface area is 180 Å². The maximum atomic E-state index is 12.9. The number of nitrogens with zero attached hydrogens (tertiary/aromatic N) is 1. The van der Waals surface area contributed by atoms with Crippen LogP contribution in [0.3, 0.4) is 0 Å². The second kappa shape index (κ2) is 8.96. The van der Waals surface area contributed by atoms with E-state index < -0.39 is 15.9 Å². The summed E-state index contributed by atoms with van der Waals surface area (Å²) >= 11 is 0. The normalized spacial score (nSPS) is 16.4. The lowest BCUT2D eigenvalue weighted by Gasteiger charge is -2.26. The van der Waals surface area contributed by atoms with Crippen molar-refractivity contribution in [2.75, 3.05) is 45.5 Å². The fourth-order valence-electron chi connectivity index (χ4n) is 3.24. The van der Waals surface area contributed by atoms with Crippen LogP contribution in [-0.2, 0) is 19.6 Å². The summed E-state index contributed by atoms with van der Waals surface area (Å²) < 4.78 is 48.3. The van der Waals surface area contributed by atoms with Gasteiger partial charge in [-0.25, -0.2) is 8.42 Å². The van der Waals surface area contributed by atoms with E-state index in [2.05, 4.69) is 5.32 Å². The van der Waals surface area contributed by atoms with Crippen LogP contribution < -0.4 is 19.5 Å². The van der Waals surface area contributed by atoms with Gasteiger partial charge in [0.1, 0.15) is 5.75 Å². The monoisotopic (exact) mass is 446 g/mol. The minimum Gasteiger partial charge on any atom is -0.495 e. The van der Waals surface area contributed by atoms with Crippen molar-refractivity contribution in [3.63, 3.8) is 0 Å². The van der Waals surface area contributed by atoms with Crippen LogP contribution in [0.25, 0.3) is 6.08 Å². The van der Waals surface area contributed by atoms with Gasteiger partial charge >= 0.3 is 0 Å². The molecule has 0 aliphatic carbocycles. The van der Waals surface area contributed by atoms with Gasteiger partial charge in [-0.15, -0.1) is 0 Å². The Hall–Kier alpha value is -3.08. The molecule has 2 aromatic carbocycles. The number of hydrogen-bond donors (Lipinski definition) is 1. The quantitative estimate of drug-likeness (QED) is 0.678. The molecule has 9 nitrogen and oxygen atoms in total. The molecule has 1 saturated heterocycles. The number of rotatable bonds is 6. The Balaban J connectivity index is 1.51. The average molecular weight is 446 g/mol. The van der Waals surface area contributed by atoms with E-state index in [0.29, 0.717) is 30.5 Å². The summed E-state index contributed by atoms with van der Waals surface area (Å²) in [4.78, 5) is 12.5. The molecule has 0 saturated carbocycles. The lowest BCUT2D eigenvalue weighted by molar-refractivity contribution is -0.111. The highest BCUT2D eigenvalue weighted by molar-refractivity contribution is 7.89. The van der Waals surface area contributed by atoms with E-state index in [1.165, 1.54) is 35.7 Å². The van der Waals surface area contributed by atoms with Gasteiger partial charge in [0.25, 0.3) is 0 Å². The third-order valence-corrected chi connectivity index (χ3v) is 6.76. The molecular weight excluding hydrogens is 424 g/mol. The number of hydrogen-bond acceptors (Lipinski definition) is 7. The number of morpholine rings is 1. The molecule has 2 aliphatic rings. The lowest BCUT2D eigenvalue weighted by Crippen LogP contribution is -2.40. The summed E-state index contributed by atoms with van der Waals surface area (Å²) in [6.07, 6.45) is 2.97. The van der Waals surface area contributed by atoms with Crippen molar-refractivity contribution in [1.29, 1.82) is 0 Å². The minimum atomic E-state index is -3.70. The zero-order valence-electron chi connectivity index (χ0n) is 16.9. The molecule has 0 unspecified atom stereocenters. The molecule has 1 N–H and O–H groups in total. The van der Waals surface area contributed by atoms with Gasteiger partial charge in [-0.05, 0) is 42.0 Å². The molecule has 10 heteroatoms. The van der Waals surface area contributed by atoms with Crippen LogP contribution in [0.15, 0.2) is 47.4 Å². The SMILES string of the molecule is COc1ccc(S(=O)(=O)N2CCOCC2)cc1NC(=O)C=Cc1ccc2c(c1)OCO2. The summed E-state index contributed by atoms with van der Waals surface area (Å²) in [5.41, 5.74) is 1.02. The highest BCUT2D eigenvalue weighted by atomic mass is 32.2. The van der Waals surface area contributed by atoms with E-state index in [-0.39, 0.29) is 30.5 Å². The van der Waals surface area contributed by atoms with Crippen LogP contribution >= 0.6 is 0 Å². The number of amides is 1. The summed E-state index contributed by atoms with van der Waals surface area (Å²) in [5, 5.41) is 2.69. The molecule has 2 heterocycles. The van der Waals surface area contributed by atoms with Crippen molar-refractivity contribution in [2.24, 2.45) is 0 Å². The van der Waals surface area contributed by atoms with Crippen molar-refractivity contribution in [3.8, 4) is 17.2 Å². The van der Waals surface area contributed by atoms with E-state index in [0.717, 1.165) is 5.56 Å². The predicted octanol–water partition coefficient (Wildman–Crippen LogP) is 2.10. The number of carbonyl (C=O) groups is 1. The number of anilines is 1. The molecule has 164 valence electrons. The van der Waals surface area contributed by atoms with Crippen molar-refractivity contribution < 1.29 is 32.2 Å². The third kappa shape index (κ3) is 4.66. The first-order chi connectivity index (χ1) is 15.0. The average Bonchev–Trinajstić information content (AvgIpc) is 3.26. The minimum absolute atomic E-state index is 0.0743. The zero-order valence-corrected chi connectivity index (χ0v) is 17.7. The molecule has 0 radical (unpaired) electrons. The Morgan fingerprint density at radius 1 is 1.10 bits per heavy atom. The van der Waals surface area contributed by atoms with Crippen LogP contribution in [0.2, 0.25) is 0 Å². The Kier molecular flexibility index (Phi) is 6.12. The Bertz CT molecular complexity index is 1110. The van der Waals surface area contributed by atoms with Crippen molar-refractivity contribution in [1.82, 2.24) is 4.31 Å². The van der Waals surface area contributed by atoms with Gasteiger partial charge in [0.05, 0.1) is 30.9 Å². The lowest BCUT2D eigenvalue weighted by atomic mass is 10.2. The topological polar surface area (TPSA) is 103 Å². The second-order valence-corrected chi connectivity index (χ2v) is 8.75. The first-order valence-corrected chi connectivity index (χ1v) is 11.1. The van der Waals surface area contributed by atoms with E-state index in [9.17, 15) is 13.2 Å². The van der Waals surface area contributed by atoms with Crippen LogP contribution in [0.5, 0.6) is 17.2 Å². The van der Waals surface area contributed by atoms with E-state index in [1.54, 1.807) is 24.3 Å². The Morgan fingerprint density at radius 3 is 2.65 bits per heavy atom. The molecule has 31 heavy (non-hydrogen) atoms. The predicted molar refractivity (Wildman–Crippen MR) is 113 cm³/mol. The summed E-state index contributed by atoms with van der Waals surface area (Å²) in [5.74, 6) is 1.19. The van der Waals surface area contributed by atoms with Gasteiger partial charge in [-0.1, -0.05) is 6.07 Å². The maximum absolute atomic E-state index is 12.9. The first kappa shape index (κ1) is 21.2. The van der Waals surface area contributed by atoms with Crippen molar-refractivity contribution in [2.45, 2.75) is 4.90 Å². The molecule has 0 atom stereocenters. The maximum Gasteiger partial charge on any atom is 0.248 e. The van der Waals surface area contributed by atoms with Gasteiger partial charge in [-0.3, -0.25) is 4.79 Å². The molecular formula is C21H22N2O7S. The molecule has 0 bridgehead atoms. The number of nitrogens with one attached hydrogen (secondary N) is 1. The van der Waals surface area contributed by atoms with Gasteiger partial charge < -0.3 is 24.3 Å². The van der Waals surface area contributed by atoms with E-state index >= 15 is 0 Å². The molecule has 2 aliphatic heterocycles. The summed E-state index contributed by atoms with van der Waals surface area (Å²) in [6, 6.07) is 9.71. The standard InChI is InChI=1S/C21H22N2O7S/c1-27-18-6-4-16(31(25,26)23-8-10-28-11-9-23)13-17(18)22-21(24)7-3-15-2-5-19-20(12-15)30-14-29-19/h2-7,12-13H,8-11,14H2,1H3,(H,22,24). The largest absolute Gasteiger partial charge is 0.495 e. The number of ether oxygens (including phenoxy) is 4. The van der Waals surface area contributed by atoms with E-state index in [4.69, 9.17) is 18.9 Å². The smallest absolute Gasteiger partial charge is 0.248 e. The summed E-state index contributed by atoms with van der Waals surface area (Å²) in [7, 11) is -2.26. The first-order valence-electron chi connectivity index (χ1n) is 9.62. The fraction of sp³-hybridized carbons (Fsp3) is 0.286. The van der Waals surface area contributed by atoms with E-state index in [1.807, 2.05) is 0 Å². The summed E-state index contributed by atoms with van der Waals surface area (Å²) in [6.45, 7) is 1.45. The van der Waals surface area contributed by atoms with Crippen LogP contribution in [0.4, 0.5) is 5.69 Å². The zero-order chi connectivity index (χ0) is 21.8. The van der Waals surface area contributed by atoms with Crippen molar-refractivity contribution in [3.05, 3.63) is 48.0 Å². The van der Waals surface area contributed by atoms with Gasteiger partial charge in [0.2, 0.25) is 22.7 Å². The molecule has 1 fully saturated rings. The number of sulfonamides is 1. The molecule has 0 aromatic heterocycles. The van der Waals surface area contributed by atoms with Crippen LogP contribution in [0, 0.1) is 0 Å². The molecule has 2 aromatic rings. The van der Waals surface area contributed by atoms with Crippen LogP contribution in [-0.4, -0.2) is 58.8 Å². The molecule has 0 spiro atoms. The number of fused-ring (bicyclic) bond motifs is 1. The number of benzene rings is 2. The molecule has 4 rings (SSSR count).